The summed E-state index contributed by atoms with van der Waals surface area (Å²) in [6.07, 6.45) is 0.294. The number of aldehydes is 1. The standard InChI is InChI=1S/C9H17NO3/c1-4-13-9(12)10(5-6-11)7-8(2)3/h6,8H,4-5,7H2,1-3H3. The van der Waals surface area contributed by atoms with Gasteiger partial charge in [0.05, 0.1) is 13.2 Å². The van der Waals surface area contributed by atoms with Gasteiger partial charge in [-0.2, -0.15) is 0 Å². The normalized spacial score (nSPS) is 9.85. The fourth-order valence-corrected chi connectivity index (χ4v) is 0.969. The number of amides is 1. The summed E-state index contributed by atoms with van der Waals surface area (Å²) in [5.74, 6) is 0.337. The number of carbonyl (C=O) groups excluding carboxylic acids is 2. The topological polar surface area (TPSA) is 46.6 Å². The Morgan fingerprint density at radius 2 is 2.15 bits per heavy atom. The Hall–Kier alpha value is -1.06. The molecule has 0 N–H and O–H groups in total. The van der Waals surface area contributed by atoms with E-state index in [-0.39, 0.29) is 6.54 Å². The number of hydrogen-bond acceptors (Lipinski definition) is 3. The monoisotopic (exact) mass is 187 g/mol. The van der Waals surface area contributed by atoms with Crippen LogP contribution in [-0.2, 0) is 9.53 Å². The molecular formula is C9H17NO3. The first-order valence-corrected chi connectivity index (χ1v) is 4.47. The van der Waals surface area contributed by atoms with Crippen LogP contribution < -0.4 is 0 Å². The molecule has 0 aliphatic carbocycles. The van der Waals surface area contributed by atoms with E-state index in [9.17, 15) is 9.59 Å². The van der Waals surface area contributed by atoms with E-state index in [2.05, 4.69) is 0 Å². The summed E-state index contributed by atoms with van der Waals surface area (Å²) < 4.78 is 4.79. The molecule has 0 heterocycles. The zero-order valence-electron chi connectivity index (χ0n) is 8.45. The van der Waals surface area contributed by atoms with E-state index in [1.807, 2.05) is 13.8 Å². The van der Waals surface area contributed by atoms with E-state index in [1.165, 1.54) is 4.90 Å². The second-order valence-electron chi connectivity index (χ2n) is 3.16. The van der Waals surface area contributed by atoms with Gasteiger partial charge in [0, 0.05) is 6.54 Å². The Morgan fingerprint density at radius 3 is 2.54 bits per heavy atom. The average Bonchev–Trinajstić information content (AvgIpc) is 2.03. The molecule has 13 heavy (non-hydrogen) atoms. The summed E-state index contributed by atoms with van der Waals surface area (Å²) in [5.41, 5.74) is 0. The van der Waals surface area contributed by atoms with Crippen molar-refractivity contribution in [3.63, 3.8) is 0 Å². The van der Waals surface area contributed by atoms with Crippen molar-refractivity contribution in [2.75, 3.05) is 19.7 Å². The molecule has 0 bridgehead atoms. The predicted octanol–water partition coefficient (Wildman–Crippen LogP) is 1.30. The van der Waals surface area contributed by atoms with Crippen molar-refractivity contribution in [2.24, 2.45) is 5.92 Å². The van der Waals surface area contributed by atoms with Gasteiger partial charge in [0.25, 0.3) is 0 Å². The van der Waals surface area contributed by atoms with Crippen LogP contribution in [0.4, 0.5) is 4.79 Å². The molecule has 76 valence electrons. The molecule has 0 aliphatic heterocycles. The third kappa shape index (κ3) is 5.22. The quantitative estimate of drug-likeness (QED) is 0.609. The van der Waals surface area contributed by atoms with Gasteiger partial charge in [-0.3, -0.25) is 0 Å². The van der Waals surface area contributed by atoms with E-state index in [4.69, 9.17) is 4.74 Å². The third-order valence-electron chi connectivity index (χ3n) is 1.41. The average molecular weight is 187 g/mol. The number of rotatable bonds is 5. The molecule has 0 atom stereocenters. The second kappa shape index (κ2) is 6.46. The van der Waals surface area contributed by atoms with Crippen molar-refractivity contribution >= 4 is 12.4 Å². The van der Waals surface area contributed by atoms with Crippen LogP contribution in [0.25, 0.3) is 0 Å². The number of hydrogen-bond donors (Lipinski definition) is 0. The molecule has 0 aliphatic rings. The van der Waals surface area contributed by atoms with Crippen LogP contribution in [0.15, 0.2) is 0 Å². The summed E-state index contributed by atoms with van der Waals surface area (Å²) in [6, 6.07) is 0. The summed E-state index contributed by atoms with van der Waals surface area (Å²) in [5, 5.41) is 0. The summed E-state index contributed by atoms with van der Waals surface area (Å²) in [7, 11) is 0. The summed E-state index contributed by atoms with van der Waals surface area (Å²) in [6.45, 7) is 6.71. The molecular weight excluding hydrogens is 170 g/mol. The second-order valence-corrected chi connectivity index (χ2v) is 3.16. The first kappa shape index (κ1) is 11.9. The van der Waals surface area contributed by atoms with E-state index in [0.29, 0.717) is 25.4 Å². The van der Waals surface area contributed by atoms with Crippen LogP contribution in [0.5, 0.6) is 0 Å². The van der Waals surface area contributed by atoms with Crippen LogP contribution in [0, 0.1) is 5.92 Å². The Kier molecular flexibility index (Phi) is 5.93. The third-order valence-corrected chi connectivity index (χ3v) is 1.41. The lowest BCUT2D eigenvalue weighted by Crippen LogP contribution is -2.36. The van der Waals surface area contributed by atoms with E-state index in [1.54, 1.807) is 6.92 Å². The van der Waals surface area contributed by atoms with Crippen LogP contribution in [-0.4, -0.2) is 37.0 Å². The zero-order chi connectivity index (χ0) is 10.3. The van der Waals surface area contributed by atoms with Gasteiger partial charge in [0.1, 0.15) is 6.29 Å². The van der Waals surface area contributed by atoms with Gasteiger partial charge >= 0.3 is 6.09 Å². The molecule has 0 aromatic carbocycles. The maximum atomic E-state index is 11.2. The van der Waals surface area contributed by atoms with E-state index < -0.39 is 6.09 Å². The molecule has 4 heteroatoms. The largest absolute Gasteiger partial charge is 0.450 e. The Bertz CT molecular complexity index is 168. The number of nitrogens with zero attached hydrogens (tertiary/aromatic N) is 1. The SMILES string of the molecule is CCOC(=O)N(CC=O)CC(C)C. The van der Waals surface area contributed by atoms with Crippen molar-refractivity contribution < 1.29 is 14.3 Å². The highest BCUT2D eigenvalue weighted by Gasteiger charge is 2.14. The molecule has 4 nitrogen and oxygen atoms in total. The van der Waals surface area contributed by atoms with Crippen LogP contribution in [0.2, 0.25) is 0 Å². The maximum absolute atomic E-state index is 11.2. The highest BCUT2D eigenvalue weighted by atomic mass is 16.6. The zero-order valence-corrected chi connectivity index (χ0v) is 8.45. The van der Waals surface area contributed by atoms with E-state index >= 15 is 0 Å². The molecule has 0 rings (SSSR count). The predicted molar refractivity (Wildman–Crippen MR) is 49.5 cm³/mol. The van der Waals surface area contributed by atoms with E-state index in [0.717, 1.165) is 0 Å². The Labute approximate surface area is 78.9 Å². The Morgan fingerprint density at radius 1 is 1.54 bits per heavy atom. The molecule has 0 fully saturated rings. The van der Waals surface area contributed by atoms with Crippen molar-refractivity contribution in [3.8, 4) is 0 Å². The molecule has 0 aromatic heterocycles. The van der Waals surface area contributed by atoms with Crippen LogP contribution >= 0.6 is 0 Å². The molecule has 0 saturated heterocycles. The first-order valence-electron chi connectivity index (χ1n) is 4.47. The van der Waals surface area contributed by atoms with Gasteiger partial charge in [0.2, 0.25) is 0 Å². The lowest BCUT2D eigenvalue weighted by Gasteiger charge is -2.20. The molecule has 0 radical (unpaired) electrons. The van der Waals surface area contributed by atoms with Gasteiger partial charge in [0.15, 0.2) is 0 Å². The minimum Gasteiger partial charge on any atom is -0.450 e. The van der Waals surface area contributed by atoms with Crippen LogP contribution in [0.1, 0.15) is 20.8 Å². The van der Waals surface area contributed by atoms with Gasteiger partial charge in [-0.1, -0.05) is 13.8 Å². The van der Waals surface area contributed by atoms with Gasteiger partial charge in [-0.15, -0.1) is 0 Å². The fraction of sp³-hybridized carbons (Fsp3) is 0.778. The fourth-order valence-electron chi connectivity index (χ4n) is 0.969. The van der Waals surface area contributed by atoms with Gasteiger partial charge < -0.3 is 14.4 Å². The van der Waals surface area contributed by atoms with Gasteiger partial charge in [-0.25, -0.2) is 4.79 Å². The van der Waals surface area contributed by atoms with Crippen molar-refractivity contribution in [3.05, 3.63) is 0 Å². The van der Waals surface area contributed by atoms with Crippen molar-refractivity contribution in [1.82, 2.24) is 4.90 Å². The highest BCUT2D eigenvalue weighted by Crippen LogP contribution is 2.00. The Balaban J connectivity index is 4.05. The lowest BCUT2D eigenvalue weighted by atomic mass is 10.2. The smallest absolute Gasteiger partial charge is 0.410 e. The molecule has 1 amide bonds. The molecule has 0 unspecified atom stereocenters. The van der Waals surface area contributed by atoms with Crippen LogP contribution in [0.3, 0.4) is 0 Å². The number of ether oxygens (including phenoxy) is 1. The van der Waals surface area contributed by atoms with Gasteiger partial charge in [-0.05, 0) is 12.8 Å². The number of carbonyl (C=O) groups is 2. The lowest BCUT2D eigenvalue weighted by molar-refractivity contribution is -0.108. The molecule has 0 spiro atoms. The van der Waals surface area contributed by atoms with Crippen molar-refractivity contribution in [2.45, 2.75) is 20.8 Å². The summed E-state index contributed by atoms with van der Waals surface area (Å²) >= 11 is 0. The minimum atomic E-state index is -0.414. The maximum Gasteiger partial charge on any atom is 0.410 e. The highest BCUT2D eigenvalue weighted by molar-refractivity contribution is 5.71. The molecule has 0 saturated carbocycles. The minimum absolute atomic E-state index is 0.108. The van der Waals surface area contributed by atoms with Crippen molar-refractivity contribution in [1.29, 1.82) is 0 Å². The molecule has 0 aromatic rings. The summed E-state index contributed by atoms with van der Waals surface area (Å²) in [4.78, 5) is 22.9. The first-order chi connectivity index (χ1) is 6.11.